The van der Waals surface area contributed by atoms with Crippen molar-refractivity contribution in [2.24, 2.45) is 0 Å². The van der Waals surface area contributed by atoms with E-state index < -0.39 is 0 Å². The zero-order chi connectivity index (χ0) is 9.30. The van der Waals surface area contributed by atoms with Gasteiger partial charge in [0, 0.05) is 7.49 Å². The van der Waals surface area contributed by atoms with E-state index in [4.69, 9.17) is 0 Å². The maximum atomic E-state index is 9.29. The molecule has 1 aromatic carbocycles. The van der Waals surface area contributed by atoms with E-state index in [-0.39, 0.29) is 0 Å². The summed E-state index contributed by atoms with van der Waals surface area (Å²) in [5, 5.41) is 9.29. The third kappa shape index (κ3) is 2.25. The Balaban J connectivity index is 3.28. The van der Waals surface area contributed by atoms with Gasteiger partial charge in [0.05, 0.1) is 0 Å². The Kier molecular flexibility index (Phi) is 3.63. The molecule has 0 aromatic heterocycles. The molecule has 0 radical (unpaired) electrons. The molecule has 0 aliphatic carbocycles. The maximum Gasteiger partial charge on any atom is 0.116 e. The molecule has 0 bridgehead atoms. The lowest BCUT2D eigenvalue weighted by Gasteiger charge is -2.11. The molecule has 0 spiro atoms. The molecule has 0 amide bonds. The number of halogens is 2. The minimum Gasteiger partial charge on any atom is -0.508 e. The van der Waals surface area contributed by atoms with Crippen LogP contribution in [0.25, 0.3) is 0 Å². The molecular formula is C9H10I2O. The van der Waals surface area contributed by atoms with Crippen molar-refractivity contribution < 1.29 is 5.11 Å². The Morgan fingerprint density at radius 3 is 2.42 bits per heavy atom. The van der Waals surface area contributed by atoms with Crippen LogP contribution >= 0.6 is 45.2 Å². The molecule has 66 valence electrons. The summed E-state index contributed by atoms with van der Waals surface area (Å²) in [6.07, 6.45) is 0. The Morgan fingerprint density at radius 1 is 1.42 bits per heavy atom. The van der Waals surface area contributed by atoms with Crippen LogP contribution in [-0.2, 0) is 0 Å². The molecule has 12 heavy (non-hydrogen) atoms. The lowest BCUT2D eigenvalue weighted by Crippen LogP contribution is -1.92. The van der Waals surface area contributed by atoms with Crippen LogP contribution in [0.4, 0.5) is 0 Å². The quantitative estimate of drug-likeness (QED) is 0.574. The van der Waals surface area contributed by atoms with Crippen LogP contribution < -0.4 is 0 Å². The monoisotopic (exact) mass is 388 g/mol. The number of phenolic OH excluding ortho intramolecular Hbond substituents is 1. The fourth-order valence-electron chi connectivity index (χ4n) is 1.24. The van der Waals surface area contributed by atoms with Gasteiger partial charge in [-0.3, -0.25) is 0 Å². The van der Waals surface area contributed by atoms with Crippen LogP contribution in [0, 0.1) is 10.5 Å². The summed E-state index contributed by atoms with van der Waals surface area (Å²) >= 11 is 4.65. The summed E-state index contributed by atoms with van der Waals surface area (Å²) in [6.45, 7) is 4.19. The summed E-state index contributed by atoms with van der Waals surface area (Å²) < 4.78 is 1.64. The molecular weight excluding hydrogens is 378 g/mol. The highest BCUT2D eigenvalue weighted by Gasteiger charge is 2.09. The van der Waals surface area contributed by atoms with Gasteiger partial charge >= 0.3 is 0 Å². The zero-order valence-electron chi connectivity index (χ0n) is 6.94. The molecule has 3 heteroatoms. The highest BCUT2D eigenvalue weighted by atomic mass is 127. The van der Waals surface area contributed by atoms with E-state index in [1.807, 2.05) is 13.0 Å². The van der Waals surface area contributed by atoms with E-state index in [9.17, 15) is 5.11 Å². The second-order valence-electron chi connectivity index (χ2n) is 2.77. The highest BCUT2D eigenvalue weighted by Crippen LogP contribution is 2.32. The van der Waals surface area contributed by atoms with Crippen molar-refractivity contribution in [3.8, 4) is 5.75 Å². The van der Waals surface area contributed by atoms with Crippen LogP contribution in [0.3, 0.4) is 0 Å². The van der Waals surface area contributed by atoms with Gasteiger partial charge in [-0.1, -0.05) is 22.6 Å². The average Bonchev–Trinajstić information content (AvgIpc) is 1.82. The van der Waals surface area contributed by atoms with E-state index in [2.05, 4.69) is 52.1 Å². The minimum atomic E-state index is 0.359. The number of aryl methyl sites for hydroxylation is 1. The molecule has 1 nitrogen and oxygen atoms in total. The van der Waals surface area contributed by atoms with Gasteiger partial charge < -0.3 is 5.11 Å². The van der Waals surface area contributed by atoms with Gasteiger partial charge in [-0.05, 0) is 59.7 Å². The summed E-state index contributed by atoms with van der Waals surface area (Å²) in [7, 11) is 0. The molecule has 0 aliphatic rings. The lowest BCUT2D eigenvalue weighted by molar-refractivity contribution is 0.474. The van der Waals surface area contributed by atoms with E-state index in [1.54, 1.807) is 6.07 Å². The topological polar surface area (TPSA) is 20.2 Å². The van der Waals surface area contributed by atoms with Crippen molar-refractivity contribution in [2.45, 2.75) is 17.8 Å². The molecule has 0 saturated heterocycles. The fourth-order valence-corrected chi connectivity index (χ4v) is 3.88. The number of alkyl halides is 1. The van der Waals surface area contributed by atoms with Crippen LogP contribution in [0.5, 0.6) is 5.75 Å². The van der Waals surface area contributed by atoms with Crippen molar-refractivity contribution in [1.29, 1.82) is 0 Å². The predicted molar refractivity (Wildman–Crippen MR) is 68.0 cm³/mol. The lowest BCUT2D eigenvalue weighted by atomic mass is 10.1. The molecule has 1 aromatic rings. The number of rotatable bonds is 1. The number of aromatic hydroxyl groups is 1. The van der Waals surface area contributed by atoms with Gasteiger partial charge in [0.15, 0.2) is 0 Å². The summed E-state index contributed by atoms with van der Waals surface area (Å²) in [5.74, 6) is 0.359. The van der Waals surface area contributed by atoms with Gasteiger partial charge in [-0.25, -0.2) is 0 Å². The smallest absolute Gasteiger partial charge is 0.116 e. The molecule has 0 fully saturated rings. The van der Waals surface area contributed by atoms with Crippen LogP contribution in [-0.4, -0.2) is 5.11 Å². The maximum absolute atomic E-state index is 9.29. The van der Waals surface area contributed by atoms with Crippen molar-refractivity contribution in [1.82, 2.24) is 0 Å². The first-order chi connectivity index (χ1) is 5.52. The number of benzene rings is 1. The standard InChI is InChI=1S/C9H10I2O/c1-5-3-7(12)4-8(11)9(5)6(2)10/h3-4,6,12H,1-2H3/t6-/m0/s1. The van der Waals surface area contributed by atoms with Crippen LogP contribution in [0.2, 0.25) is 0 Å². The van der Waals surface area contributed by atoms with E-state index in [0.717, 1.165) is 3.57 Å². The summed E-state index contributed by atoms with van der Waals surface area (Å²) in [5.41, 5.74) is 2.50. The molecule has 1 rings (SSSR count). The van der Waals surface area contributed by atoms with Crippen molar-refractivity contribution in [2.75, 3.05) is 0 Å². The molecule has 0 aliphatic heterocycles. The third-order valence-electron chi connectivity index (χ3n) is 1.72. The molecule has 0 unspecified atom stereocenters. The normalized spacial score (nSPS) is 13.0. The summed E-state index contributed by atoms with van der Waals surface area (Å²) in [4.78, 5) is 0. The number of hydrogen-bond acceptors (Lipinski definition) is 1. The number of hydrogen-bond donors (Lipinski definition) is 1. The van der Waals surface area contributed by atoms with Crippen molar-refractivity contribution in [3.63, 3.8) is 0 Å². The van der Waals surface area contributed by atoms with Crippen molar-refractivity contribution >= 4 is 45.2 Å². The Morgan fingerprint density at radius 2 is 2.00 bits per heavy atom. The summed E-state index contributed by atoms with van der Waals surface area (Å²) in [6, 6.07) is 3.62. The third-order valence-corrected chi connectivity index (χ3v) is 3.23. The molecule has 1 N–H and O–H groups in total. The zero-order valence-corrected chi connectivity index (χ0v) is 11.3. The molecule has 0 saturated carbocycles. The van der Waals surface area contributed by atoms with Gasteiger partial charge in [0.1, 0.15) is 5.75 Å². The van der Waals surface area contributed by atoms with E-state index in [1.165, 1.54) is 11.1 Å². The van der Waals surface area contributed by atoms with Gasteiger partial charge in [-0.2, -0.15) is 0 Å². The fraction of sp³-hybridized carbons (Fsp3) is 0.333. The predicted octanol–water partition coefficient (Wildman–Crippen LogP) is 3.80. The Labute approximate surface area is 99.8 Å². The van der Waals surface area contributed by atoms with Gasteiger partial charge in [0.2, 0.25) is 0 Å². The Hall–Kier alpha value is 0.480. The number of phenols is 1. The van der Waals surface area contributed by atoms with E-state index in [0.29, 0.717) is 9.67 Å². The second kappa shape index (κ2) is 4.13. The first-order valence-electron chi connectivity index (χ1n) is 3.65. The van der Waals surface area contributed by atoms with E-state index >= 15 is 0 Å². The Bertz CT molecular complexity index is 272. The SMILES string of the molecule is Cc1cc(O)cc(I)c1[C@H](C)I. The van der Waals surface area contributed by atoms with Gasteiger partial charge in [0.25, 0.3) is 0 Å². The first kappa shape index (κ1) is 10.6. The van der Waals surface area contributed by atoms with Crippen LogP contribution in [0.1, 0.15) is 22.0 Å². The van der Waals surface area contributed by atoms with Gasteiger partial charge in [-0.15, -0.1) is 0 Å². The minimum absolute atomic E-state index is 0.359. The first-order valence-corrected chi connectivity index (χ1v) is 5.98. The largest absolute Gasteiger partial charge is 0.508 e. The van der Waals surface area contributed by atoms with Crippen LogP contribution in [0.15, 0.2) is 12.1 Å². The molecule has 1 atom stereocenters. The van der Waals surface area contributed by atoms with Crippen molar-refractivity contribution in [3.05, 3.63) is 26.8 Å². The second-order valence-corrected chi connectivity index (χ2v) is 5.80. The average molecular weight is 388 g/mol. The molecule has 0 heterocycles. The highest BCUT2D eigenvalue weighted by molar-refractivity contribution is 14.1.